The lowest BCUT2D eigenvalue weighted by Gasteiger charge is -2.33. The molecule has 0 amide bonds. The molecule has 2 unspecified atom stereocenters. The Morgan fingerprint density at radius 1 is 1.19 bits per heavy atom. The van der Waals surface area contributed by atoms with E-state index in [1.807, 2.05) is 0 Å². The lowest BCUT2D eigenvalue weighted by molar-refractivity contribution is -0.137. The number of halogens is 5. The molecule has 0 spiro atoms. The molecule has 0 radical (unpaired) electrons. The van der Waals surface area contributed by atoms with Crippen LogP contribution < -0.4 is 5.32 Å². The van der Waals surface area contributed by atoms with Gasteiger partial charge in [0, 0.05) is 23.0 Å². The quantitative estimate of drug-likeness (QED) is 0.603. The molecule has 0 saturated heterocycles. The molecule has 4 nitrogen and oxygen atoms in total. The molecule has 26 heavy (non-hydrogen) atoms. The molecule has 2 aromatic rings. The van der Waals surface area contributed by atoms with Crippen LogP contribution in [-0.2, 0) is 10.9 Å². The molecule has 1 aliphatic rings. The van der Waals surface area contributed by atoms with Crippen molar-refractivity contribution in [3.63, 3.8) is 0 Å². The normalized spacial score (nSPS) is 19.4. The molecule has 1 aliphatic heterocycles. The fourth-order valence-electron chi connectivity index (χ4n) is 3.00. The van der Waals surface area contributed by atoms with Crippen LogP contribution in [0.3, 0.4) is 0 Å². The Hall–Kier alpha value is -2.12. The van der Waals surface area contributed by atoms with Gasteiger partial charge in [0.1, 0.15) is 0 Å². The topological polar surface area (TPSA) is 58.6 Å². The number of fused-ring (bicyclic) bond motifs is 1. The SMILES string of the molecule is O=C(O)OC1CC(c2ccc(Cl)cc2)c2cc(Cl)c(C(F)(F)F)cc2N1. The maximum absolute atomic E-state index is 13.1. The molecule has 3 rings (SSSR count). The van der Waals surface area contributed by atoms with E-state index in [1.165, 1.54) is 6.07 Å². The van der Waals surface area contributed by atoms with E-state index in [0.29, 0.717) is 10.6 Å². The van der Waals surface area contributed by atoms with Crippen LogP contribution in [0.4, 0.5) is 23.7 Å². The highest BCUT2D eigenvalue weighted by Crippen LogP contribution is 2.45. The molecule has 0 saturated carbocycles. The number of nitrogens with one attached hydrogen (secondary N) is 1. The second-order valence-electron chi connectivity index (χ2n) is 5.77. The van der Waals surface area contributed by atoms with Gasteiger partial charge in [0.05, 0.1) is 10.6 Å². The van der Waals surface area contributed by atoms with Crippen molar-refractivity contribution in [3.8, 4) is 0 Å². The number of anilines is 1. The predicted octanol–water partition coefficient (Wildman–Crippen LogP) is 5.98. The largest absolute Gasteiger partial charge is 0.507 e. The molecule has 2 N–H and O–H groups in total. The van der Waals surface area contributed by atoms with Gasteiger partial charge in [-0.2, -0.15) is 13.2 Å². The van der Waals surface area contributed by atoms with E-state index in [2.05, 4.69) is 5.32 Å². The molecule has 0 aliphatic carbocycles. The first-order valence-electron chi connectivity index (χ1n) is 7.47. The minimum Gasteiger partial charge on any atom is -0.450 e. The number of hydrogen-bond acceptors (Lipinski definition) is 3. The summed E-state index contributed by atoms with van der Waals surface area (Å²) >= 11 is 11.7. The standard InChI is InChI=1S/C17H12Cl2F3NO3/c18-9-3-1-8(2-4-9)10-6-15(26-16(24)25)23-14-7-12(17(20,21)22)13(19)5-11(10)14/h1-5,7,10,15,23H,6H2,(H,24,25). The zero-order valence-electron chi connectivity index (χ0n) is 13.0. The highest BCUT2D eigenvalue weighted by molar-refractivity contribution is 6.31. The van der Waals surface area contributed by atoms with Gasteiger partial charge in [-0.25, -0.2) is 4.79 Å². The summed E-state index contributed by atoms with van der Waals surface area (Å²) in [5.41, 5.74) is 0.401. The maximum atomic E-state index is 13.1. The van der Waals surface area contributed by atoms with Gasteiger partial charge in [0.25, 0.3) is 0 Å². The maximum Gasteiger partial charge on any atom is 0.507 e. The number of benzene rings is 2. The van der Waals surface area contributed by atoms with Crippen molar-refractivity contribution in [2.24, 2.45) is 0 Å². The Balaban J connectivity index is 2.09. The summed E-state index contributed by atoms with van der Waals surface area (Å²) in [7, 11) is 0. The van der Waals surface area contributed by atoms with Crippen LogP contribution in [0.25, 0.3) is 0 Å². The van der Waals surface area contributed by atoms with Gasteiger partial charge in [-0.05, 0) is 35.4 Å². The summed E-state index contributed by atoms with van der Waals surface area (Å²) in [6.45, 7) is 0. The third-order valence-corrected chi connectivity index (χ3v) is 4.67. The van der Waals surface area contributed by atoms with Gasteiger partial charge in [-0.1, -0.05) is 35.3 Å². The van der Waals surface area contributed by atoms with Crippen molar-refractivity contribution in [1.82, 2.24) is 0 Å². The molecule has 0 fully saturated rings. The Bertz CT molecular complexity index is 840. The third kappa shape index (κ3) is 3.83. The lowest BCUT2D eigenvalue weighted by atomic mass is 9.84. The Morgan fingerprint density at radius 2 is 1.85 bits per heavy atom. The molecule has 9 heteroatoms. The molecule has 2 atom stereocenters. The van der Waals surface area contributed by atoms with E-state index in [0.717, 1.165) is 11.6 Å². The van der Waals surface area contributed by atoms with Gasteiger partial charge in [-0.3, -0.25) is 0 Å². The van der Waals surface area contributed by atoms with Crippen LogP contribution in [-0.4, -0.2) is 17.5 Å². The minimum atomic E-state index is -4.63. The van der Waals surface area contributed by atoms with E-state index >= 15 is 0 Å². The van der Waals surface area contributed by atoms with Gasteiger partial charge < -0.3 is 15.2 Å². The van der Waals surface area contributed by atoms with Gasteiger partial charge in [-0.15, -0.1) is 0 Å². The Kier molecular flexibility index (Phi) is 4.94. The first-order valence-corrected chi connectivity index (χ1v) is 8.23. The summed E-state index contributed by atoms with van der Waals surface area (Å²) in [5, 5.41) is 11.6. The molecule has 1 heterocycles. The first kappa shape index (κ1) is 18.7. The number of ether oxygens (including phenoxy) is 1. The van der Waals surface area contributed by atoms with Crippen molar-refractivity contribution >= 4 is 35.0 Å². The summed E-state index contributed by atoms with van der Waals surface area (Å²) in [5.74, 6) is -0.410. The van der Waals surface area contributed by atoms with Crippen LogP contribution in [0.15, 0.2) is 36.4 Å². The van der Waals surface area contributed by atoms with Crippen LogP contribution in [0.1, 0.15) is 29.0 Å². The van der Waals surface area contributed by atoms with Crippen LogP contribution >= 0.6 is 23.2 Å². The third-order valence-electron chi connectivity index (χ3n) is 4.10. The Labute approximate surface area is 156 Å². The van der Waals surface area contributed by atoms with Gasteiger partial charge in [0.15, 0.2) is 6.23 Å². The van der Waals surface area contributed by atoms with Crippen LogP contribution in [0, 0.1) is 0 Å². The summed E-state index contributed by atoms with van der Waals surface area (Å²) in [6, 6.07) is 8.88. The zero-order valence-corrected chi connectivity index (χ0v) is 14.5. The highest BCUT2D eigenvalue weighted by atomic mass is 35.5. The predicted molar refractivity (Wildman–Crippen MR) is 90.9 cm³/mol. The number of rotatable bonds is 2. The van der Waals surface area contributed by atoms with E-state index < -0.39 is 35.1 Å². The molecule has 0 bridgehead atoms. The molecule has 2 aromatic carbocycles. The van der Waals surface area contributed by atoms with E-state index in [1.54, 1.807) is 24.3 Å². The van der Waals surface area contributed by atoms with Crippen molar-refractivity contribution in [2.45, 2.75) is 24.7 Å². The van der Waals surface area contributed by atoms with Crippen molar-refractivity contribution in [3.05, 3.63) is 63.1 Å². The summed E-state index contributed by atoms with van der Waals surface area (Å²) in [4.78, 5) is 10.9. The van der Waals surface area contributed by atoms with Gasteiger partial charge >= 0.3 is 12.3 Å². The molecule has 138 valence electrons. The molecule has 0 aromatic heterocycles. The van der Waals surface area contributed by atoms with Crippen LogP contribution in [0.5, 0.6) is 0 Å². The second kappa shape index (κ2) is 6.89. The first-order chi connectivity index (χ1) is 12.1. The van der Waals surface area contributed by atoms with Crippen molar-refractivity contribution < 1.29 is 27.8 Å². The van der Waals surface area contributed by atoms with E-state index in [4.69, 9.17) is 33.0 Å². The fourth-order valence-corrected chi connectivity index (χ4v) is 3.41. The van der Waals surface area contributed by atoms with Crippen LogP contribution in [0.2, 0.25) is 10.0 Å². The second-order valence-corrected chi connectivity index (χ2v) is 6.62. The number of carbonyl (C=O) groups is 1. The smallest absolute Gasteiger partial charge is 0.450 e. The molecular weight excluding hydrogens is 394 g/mol. The van der Waals surface area contributed by atoms with E-state index in [9.17, 15) is 18.0 Å². The average molecular weight is 406 g/mol. The number of hydrogen-bond donors (Lipinski definition) is 2. The summed E-state index contributed by atoms with van der Waals surface area (Å²) < 4.78 is 44.2. The van der Waals surface area contributed by atoms with Gasteiger partial charge in [0.2, 0.25) is 0 Å². The minimum absolute atomic E-state index is 0.124. The highest BCUT2D eigenvalue weighted by Gasteiger charge is 2.37. The van der Waals surface area contributed by atoms with Crippen molar-refractivity contribution in [1.29, 1.82) is 0 Å². The lowest BCUT2D eigenvalue weighted by Crippen LogP contribution is -2.33. The van der Waals surface area contributed by atoms with E-state index in [-0.39, 0.29) is 12.1 Å². The monoisotopic (exact) mass is 405 g/mol. The number of alkyl halides is 3. The average Bonchev–Trinajstić information content (AvgIpc) is 2.53. The van der Waals surface area contributed by atoms with Crippen molar-refractivity contribution in [2.75, 3.05) is 5.32 Å². The summed E-state index contributed by atoms with van der Waals surface area (Å²) in [6.07, 6.45) is -6.96. The molecular formula is C17H12Cl2F3NO3. The number of carboxylic acid groups (broad SMARTS) is 1. The fraction of sp³-hybridized carbons (Fsp3) is 0.235. The zero-order chi connectivity index (χ0) is 19.1. The Morgan fingerprint density at radius 3 is 2.42 bits per heavy atom.